The van der Waals surface area contributed by atoms with Gasteiger partial charge < -0.3 is 9.80 Å². The standard InChI is InChI=1S/C19H28N2O4S/c1-5-20(17-7-9-26(24,25)13-17)19(23)6-8-21(16(4)22)18-11-14(2)10-15(3)12-18/h10-12,17H,5-9,13H2,1-4H3. The van der Waals surface area contributed by atoms with Crippen molar-refractivity contribution in [3.8, 4) is 0 Å². The van der Waals surface area contributed by atoms with E-state index in [0.717, 1.165) is 16.8 Å². The van der Waals surface area contributed by atoms with Gasteiger partial charge in [-0.1, -0.05) is 6.07 Å². The minimum atomic E-state index is -3.04. The van der Waals surface area contributed by atoms with Crippen LogP contribution in [0.1, 0.15) is 37.8 Å². The lowest BCUT2D eigenvalue weighted by atomic mass is 10.1. The summed E-state index contributed by atoms with van der Waals surface area (Å²) in [6.07, 6.45) is 0.673. The average Bonchev–Trinajstić information content (AvgIpc) is 2.86. The van der Waals surface area contributed by atoms with Crippen LogP contribution in [-0.4, -0.2) is 55.8 Å². The van der Waals surface area contributed by atoms with Gasteiger partial charge in [-0.25, -0.2) is 8.42 Å². The van der Waals surface area contributed by atoms with E-state index in [2.05, 4.69) is 0 Å². The van der Waals surface area contributed by atoms with Crippen molar-refractivity contribution in [2.75, 3.05) is 29.5 Å². The van der Waals surface area contributed by atoms with Crippen LogP contribution in [0.3, 0.4) is 0 Å². The van der Waals surface area contributed by atoms with Crippen molar-refractivity contribution in [2.24, 2.45) is 0 Å². The predicted octanol–water partition coefficient (Wildman–Crippen LogP) is 2.08. The molecule has 7 heteroatoms. The molecule has 1 aliphatic heterocycles. The van der Waals surface area contributed by atoms with Crippen LogP contribution in [0.15, 0.2) is 18.2 Å². The van der Waals surface area contributed by atoms with Crippen molar-refractivity contribution in [1.29, 1.82) is 0 Å². The molecule has 1 unspecified atom stereocenters. The van der Waals surface area contributed by atoms with Crippen molar-refractivity contribution in [2.45, 2.75) is 46.6 Å². The Bertz CT molecular complexity index is 768. The highest BCUT2D eigenvalue weighted by molar-refractivity contribution is 7.91. The second-order valence-electron chi connectivity index (χ2n) is 7.00. The third-order valence-corrected chi connectivity index (χ3v) is 6.51. The molecule has 26 heavy (non-hydrogen) atoms. The summed E-state index contributed by atoms with van der Waals surface area (Å²) in [5.41, 5.74) is 2.90. The number of aryl methyl sites for hydroxylation is 2. The fourth-order valence-electron chi connectivity index (χ4n) is 3.59. The molecule has 144 valence electrons. The Morgan fingerprint density at radius 1 is 1.15 bits per heavy atom. The van der Waals surface area contributed by atoms with E-state index >= 15 is 0 Å². The Morgan fingerprint density at radius 2 is 1.77 bits per heavy atom. The molecule has 1 atom stereocenters. The summed E-state index contributed by atoms with van der Waals surface area (Å²) in [4.78, 5) is 28.0. The summed E-state index contributed by atoms with van der Waals surface area (Å²) < 4.78 is 23.4. The fourth-order valence-corrected chi connectivity index (χ4v) is 5.32. The van der Waals surface area contributed by atoms with E-state index in [1.807, 2.05) is 39.0 Å². The lowest BCUT2D eigenvalue weighted by Crippen LogP contribution is -2.42. The van der Waals surface area contributed by atoms with E-state index in [1.165, 1.54) is 6.92 Å². The number of rotatable bonds is 6. The zero-order valence-corrected chi connectivity index (χ0v) is 16.8. The molecule has 2 amide bonds. The van der Waals surface area contributed by atoms with Crippen LogP contribution in [0.25, 0.3) is 0 Å². The van der Waals surface area contributed by atoms with Crippen LogP contribution in [0.2, 0.25) is 0 Å². The summed E-state index contributed by atoms with van der Waals surface area (Å²) in [5.74, 6) is -0.0385. The number of hydrogen-bond donors (Lipinski definition) is 0. The van der Waals surface area contributed by atoms with Gasteiger partial charge in [-0.05, 0) is 50.5 Å². The first-order chi connectivity index (χ1) is 12.1. The molecule has 1 fully saturated rings. The largest absolute Gasteiger partial charge is 0.339 e. The monoisotopic (exact) mass is 380 g/mol. The Kier molecular flexibility index (Phi) is 6.44. The maximum Gasteiger partial charge on any atom is 0.224 e. The number of sulfone groups is 1. The van der Waals surface area contributed by atoms with Crippen molar-refractivity contribution in [3.63, 3.8) is 0 Å². The van der Waals surface area contributed by atoms with Gasteiger partial charge in [-0.15, -0.1) is 0 Å². The van der Waals surface area contributed by atoms with E-state index < -0.39 is 9.84 Å². The zero-order valence-electron chi connectivity index (χ0n) is 16.0. The molecule has 1 aromatic carbocycles. The van der Waals surface area contributed by atoms with E-state index in [9.17, 15) is 18.0 Å². The summed E-state index contributed by atoms with van der Waals surface area (Å²) >= 11 is 0. The van der Waals surface area contributed by atoms with Crippen LogP contribution in [0, 0.1) is 13.8 Å². The molecule has 6 nitrogen and oxygen atoms in total. The summed E-state index contributed by atoms with van der Waals surface area (Å²) in [6.45, 7) is 8.05. The van der Waals surface area contributed by atoms with Gasteiger partial charge in [0.2, 0.25) is 11.8 Å². The number of amides is 2. The van der Waals surface area contributed by atoms with E-state index in [1.54, 1.807) is 9.80 Å². The summed E-state index contributed by atoms with van der Waals surface area (Å²) in [7, 11) is -3.04. The van der Waals surface area contributed by atoms with Crippen molar-refractivity contribution < 1.29 is 18.0 Å². The third kappa shape index (κ3) is 5.06. The lowest BCUT2D eigenvalue weighted by Gasteiger charge is -2.28. The molecule has 1 aliphatic rings. The molecule has 1 heterocycles. The molecular formula is C19H28N2O4S. The first-order valence-corrected chi connectivity index (χ1v) is 10.8. The van der Waals surface area contributed by atoms with Crippen molar-refractivity contribution >= 4 is 27.3 Å². The van der Waals surface area contributed by atoms with Gasteiger partial charge in [0.1, 0.15) is 0 Å². The van der Waals surface area contributed by atoms with Crippen LogP contribution in [0.5, 0.6) is 0 Å². The second-order valence-corrected chi connectivity index (χ2v) is 9.23. The van der Waals surface area contributed by atoms with Gasteiger partial charge in [0.25, 0.3) is 0 Å². The molecule has 0 radical (unpaired) electrons. The lowest BCUT2D eigenvalue weighted by molar-refractivity contribution is -0.132. The van der Waals surface area contributed by atoms with E-state index in [4.69, 9.17) is 0 Å². The van der Waals surface area contributed by atoms with Crippen LogP contribution in [0.4, 0.5) is 5.69 Å². The minimum absolute atomic E-state index is 0.0417. The maximum absolute atomic E-state index is 12.7. The first kappa shape index (κ1) is 20.4. The van der Waals surface area contributed by atoms with Gasteiger partial charge in [-0.3, -0.25) is 9.59 Å². The highest BCUT2D eigenvalue weighted by Gasteiger charge is 2.33. The molecule has 0 bridgehead atoms. The van der Waals surface area contributed by atoms with Gasteiger partial charge in [-0.2, -0.15) is 0 Å². The second kappa shape index (κ2) is 8.20. The predicted molar refractivity (Wildman–Crippen MR) is 103 cm³/mol. The van der Waals surface area contributed by atoms with Crippen LogP contribution >= 0.6 is 0 Å². The van der Waals surface area contributed by atoms with Crippen LogP contribution < -0.4 is 4.90 Å². The number of hydrogen-bond acceptors (Lipinski definition) is 4. The average molecular weight is 381 g/mol. The summed E-state index contributed by atoms with van der Waals surface area (Å²) in [6, 6.07) is 5.65. The van der Waals surface area contributed by atoms with Gasteiger partial charge in [0.05, 0.1) is 11.5 Å². The van der Waals surface area contributed by atoms with Crippen molar-refractivity contribution in [1.82, 2.24) is 4.90 Å². The fraction of sp³-hybridized carbons (Fsp3) is 0.579. The molecule has 2 rings (SSSR count). The Morgan fingerprint density at radius 3 is 2.23 bits per heavy atom. The minimum Gasteiger partial charge on any atom is -0.339 e. The normalized spacial score (nSPS) is 18.5. The summed E-state index contributed by atoms with van der Waals surface area (Å²) in [5, 5.41) is 0. The molecule has 1 saturated heterocycles. The number of carbonyl (C=O) groups is 2. The van der Waals surface area contributed by atoms with Gasteiger partial charge >= 0.3 is 0 Å². The topological polar surface area (TPSA) is 74.8 Å². The number of anilines is 1. The Hall–Kier alpha value is -1.89. The Balaban J connectivity index is 2.08. The Labute approximate surface area is 156 Å². The smallest absolute Gasteiger partial charge is 0.224 e. The number of nitrogens with zero attached hydrogens (tertiary/aromatic N) is 2. The molecule has 0 spiro atoms. The van der Waals surface area contributed by atoms with E-state index in [0.29, 0.717) is 13.0 Å². The third-order valence-electron chi connectivity index (χ3n) is 4.76. The first-order valence-electron chi connectivity index (χ1n) is 8.99. The molecule has 0 saturated carbocycles. The SMILES string of the molecule is CCN(C(=O)CCN(C(C)=O)c1cc(C)cc(C)c1)C1CCS(=O)(=O)C1. The maximum atomic E-state index is 12.7. The molecule has 0 N–H and O–H groups in total. The molecule has 0 aliphatic carbocycles. The van der Waals surface area contributed by atoms with Crippen molar-refractivity contribution in [3.05, 3.63) is 29.3 Å². The van der Waals surface area contributed by atoms with Gasteiger partial charge in [0, 0.05) is 38.2 Å². The highest BCUT2D eigenvalue weighted by Crippen LogP contribution is 2.21. The number of benzene rings is 1. The van der Waals surface area contributed by atoms with Gasteiger partial charge in [0.15, 0.2) is 9.84 Å². The zero-order chi connectivity index (χ0) is 19.5. The molecule has 1 aromatic rings. The molecular weight excluding hydrogens is 352 g/mol. The number of carbonyl (C=O) groups excluding carboxylic acids is 2. The van der Waals surface area contributed by atoms with E-state index in [-0.39, 0.29) is 42.3 Å². The highest BCUT2D eigenvalue weighted by atomic mass is 32.2. The quantitative estimate of drug-likeness (QED) is 0.757. The molecule has 0 aromatic heterocycles. The van der Waals surface area contributed by atoms with Crippen LogP contribution in [-0.2, 0) is 19.4 Å².